The van der Waals surface area contributed by atoms with Crippen molar-refractivity contribution in [1.82, 2.24) is 29.6 Å². The van der Waals surface area contributed by atoms with Gasteiger partial charge in [0.1, 0.15) is 11.9 Å². The number of amidine groups is 1. The molecule has 0 unspecified atom stereocenters. The number of carbonyl (C=O) groups excluding carboxylic acids is 2. The predicted molar refractivity (Wildman–Crippen MR) is 182 cm³/mol. The third-order valence-electron chi connectivity index (χ3n) is 8.59. The van der Waals surface area contributed by atoms with Gasteiger partial charge in [0.2, 0.25) is 11.8 Å². The van der Waals surface area contributed by atoms with Gasteiger partial charge in [-0.15, -0.1) is 0 Å². The number of urea groups is 1. The van der Waals surface area contributed by atoms with Crippen LogP contribution in [0.3, 0.4) is 0 Å². The summed E-state index contributed by atoms with van der Waals surface area (Å²) >= 11 is 12.6. The molecule has 6 rings (SSSR count). The molecule has 0 aliphatic carbocycles. The maximum absolute atomic E-state index is 14.8. The number of amides is 3. The van der Waals surface area contributed by atoms with E-state index in [1.807, 2.05) is 72.2 Å². The molecule has 0 radical (unpaired) electrons. The van der Waals surface area contributed by atoms with E-state index in [0.717, 1.165) is 11.1 Å². The maximum atomic E-state index is 14.8. The zero-order valence-electron chi connectivity index (χ0n) is 27.1. The van der Waals surface area contributed by atoms with E-state index in [4.69, 9.17) is 42.4 Å². The summed E-state index contributed by atoms with van der Waals surface area (Å²) < 4.78 is 16.9. The Morgan fingerprint density at radius 2 is 1.46 bits per heavy atom. The summed E-state index contributed by atoms with van der Waals surface area (Å²) in [7, 11) is 0. The van der Waals surface area contributed by atoms with Gasteiger partial charge < -0.3 is 24.0 Å². The minimum atomic E-state index is -0.534. The molecule has 2 aromatic carbocycles. The first-order chi connectivity index (χ1) is 23.4. The topological polar surface area (TPSA) is 113 Å². The van der Waals surface area contributed by atoms with Crippen LogP contribution in [0.4, 0.5) is 4.79 Å². The summed E-state index contributed by atoms with van der Waals surface area (Å²) in [6, 6.07) is 13.9. The monoisotopic (exact) mass is 695 g/mol. The van der Waals surface area contributed by atoms with Crippen molar-refractivity contribution in [3.8, 4) is 11.9 Å². The molecule has 0 saturated carbocycles. The fourth-order valence-electron chi connectivity index (χ4n) is 6.16. The second kappa shape index (κ2) is 15.5. The molecule has 2 saturated heterocycles. The van der Waals surface area contributed by atoms with Crippen LogP contribution in [-0.4, -0.2) is 120 Å². The smallest absolute Gasteiger partial charge is 0.326 e. The Bertz CT molecular complexity index is 1610. The maximum Gasteiger partial charge on any atom is 0.326 e. The van der Waals surface area contributed by atoms with Crippen molar-refractivity contribution < 1.29 is 23.8 Å². The minimum Gasteiger partial charge on any atom is -0.477 e. The van der Waals surface area contributed by atoms with E-state index in [1.165, 1.54) is 0 Å². The molecule has 2 atom stereocenters. The lowest BCUT2D eigenvalue weighted by molar-refractivity contribution is -0.136. The SMILES string of the molecule is CCOc1ncc(C2=N[C@@H](c3ccc(Cl)cc3)[C@@H](c3ccc(Cl)cc3)N2C(=O)N2CCN(CC(=O)N3CCOCC3)CC2)c(OCC)n1. The molecule has 48 heavy (non-hydrogen) atoms. The third kappa shape index (κ3) is 7.52. The number of rotatable bonds is 9. The van der Waals surface area contributed by atoms with Gasteiger partial charge in [-0.05, 0) is 49.2 Å². The molecular weight excluding hydrogens is 657 g/mol. The average molecular weight is 697 g/mol. The van der Waals surface area contributed by atoms with Crippen LogP contribution in [0.15, 0.2) is 59.7 Å². The van der Waals surface area contributed by atoms with Gasteiger partial charge in [0, 0.05) is 55.5 Å². The van der Waals surface area contributed by atoms with Gasteiger partial charge in [-0.2, -0.15) is 4.98 Å². The van der Waals surface area contributed by atoms with Crippen molar-refractivity contribution in [2.45, 2.75) is 25.9 Å². The Morgan fingerprint density at radius 1 is 0.833 bits per heavy atom. The number of ether oxygens (including phenoxy) is 3. The van der Waals surface area contributed by atoms with Crippen LogP contribution in [0.1, 0.15) is 42.6 Å². The first kappa shape index (κ1) is 33.9. The lowest BCUT2D eigenvalue weighted by Crippen LogP contribution is -2.56. The molecule has 0 bridgehead atoms. The number of benzene rings is 2. The molecule has 0 spiro atoms. The van der Waals surface area contributed by atoms with E-state index >= 15 is 0 Å². The Kier molecular flexibility index (Phi) is 11.0. The number of morpholine rings is 1. The fourth-order valence-corrected chi connectivity index (χ4v) is 6.41. The van der Waals surface area contributed by atoms with Crippen LogP contribution in [0.5, 0.6) is 11.9 Å². The number of aromatic nitrogens is 2. The highest BCUT2D eigenvalue weighted by Gasteiger charge is 2.45. The van der Waals surface area contributed by atoms with Gasteiger partial charge in [-0.1, -0.05) is 47.5 Å². The van der Waals surface area contributed by atoms with Crippen molar-refractivity contribution in [2.24, 2.45) is 4.99 Å². The third-order valence-corrected chi connectivity index (χ3v) is 9.09. The summed E-state index contributed by atoms with van der Waals surface area (Å²) in [4.78, 5) is 49.4. The molecule has 0 N–H and O–H groups in total. The van der Waals surface area contributed by atoms with Crippen LogP contribution < -0.4 is 9.47 Å². The van der Waals surface area contributed by atoms with Crippen LogP contribution in [0.25, 0.3) is 0 Å². The van der Waals surface area contributed by atoms with Crippen molar-refractivity contribution >= 4 is 41.0 Å². The van der Waals surface area contributed by atoms with E-state index in [1.54, 1.807) is 11.1 Å². The van der Waals surface area contributed by atoms with E-state index in [2.05, 4.69) is 14.9 Å². The number of hydrogen-bond donors (Lipinski definition) is 0. The summed E-state index contributed by atoms with van der Waals surface area (Å²) in [5, 5.41) is 1.18. The summed E-state index contributed by atoms with van der Waals surface area (Å²) in [6.45, 7) is 9.08. The Labute approximate surface area is 290 Å². The van der Waals surface area contributed by atoms with E-state index in [9.17, 15) is 9.59 Å². The fraction of sp³-hybridized carbons (Fsp3) is 0.441. The van der Waals surface area contributed by atoms with Gasteiger partial charge in [-0.25, -0.2) is 9.78 Å². The van der Waals surface area contributed by atoms with Crippen molar-refractivity contribution in [1.29, 1.82) is 0 Å². The number of aliphatic imine (C=N–C) groups is 1. The first-order valence-corrected chi connectivity index (χ1v) is 17.0. The second-order valence-electron chi connectivity index (χ2n) is 11.6. The average Bonchev–Trinajstić information content (AvgIpc) is 3.50. The second-order valence-corrected chi connectivity index (χ2v) is 12.5. The molecule has 4 heterocycles. The highest BCUT2D eigenvalue weighted by Crippen LogP contribution is 2.45. The Morgan fingerprint density at radius 3 is 2.08 bits per heavy atom. The molecule has 3 amide bonds. The standard InChI is InChI=1S/C34H39Cl2N7O5/c1-3-47-32-27(21-37-33(39-32)48-4-2)31-38-29(23-5-9-25(35)10-6-23)30(24-7-11-26(36)12-8-24)43(31)34(45)42-15-13-40(14-16-42)22-28(44)41-17-19-46-20-18-41/h5-12,21,29-30H,3-4,13-20,22H2,1-2H3/t29-,30+/m0/s1. The molecule has 12 nitrogen and oxygen atoms in total. The number of hydrogen-bond acceptors (Lipinski definition) is 9. The highest BCUT2D eigenvalue weighted by molar-refractivity contribution is 6.30. The van der Waals surface area contributed by atoms with Crippen LogP contribution in [-0.2, 0) is 9.53 Å². The summed E-state index contributed by atoms with van der Waals surface area (Å²) in [5.74, 6) is 0.737. The molecule has 3 aliphatic rings. The highest BCUT2D eigenvalue weighted by atomic mass is 35.5. The van der Waals surface area contributed by atoms with Gasteiger partial charge in [0.05, 0.1) is 44.6 Å². The molecule has 14 heteroatoms. The van der Waals surface area contributed by atoms with E-state index < -0.39 is 12.1 Å². The van der Waals surface area contributed by atoms with Crippen molar-refractivity contribution in [2.75, 3.05) is 72.2 Å². The zero-order chi connectivity index (χ0) is 33.6. The number of piperazine rings is 1. The molecule has 2 fully saturated rings. The van der Waals surface area contributed by atoms with Crippen LogP contribution >= 0.6 is 23.2 Å². The van der Waals surface area contributed by atoms with Gasteiger partial charge >= 0.3 is 12.0 Å². The Hall–Kier alpha value is -3.97. The predicted octanol–water partition coefficient (Wildman–Crippen LogP) is 4.72. The normalized spacial score (nSPS) is 20.1. The van der Waals surface area contributed by atoms with Gasteiger partial charge in [0.15, 0.2) is 0 Å². The zero-order valence-corrected chi connectivity index (χ0v) is 28.6. The number of halogens is 2. The van der Waals surface area contributed by atoms with E-state index in [-0.39, 0.29) is 23.8 Å². The lowest BCUT2D eigenvalue weighted by Gasteiger charge is -2.39. The molecule has 254 valence electrons. The number of nitrogens with zero attached hydrogens (tertiary/aromatic N) is 7. The van der Waals surface area contributed by atoms with Crippen molar-refractivity contribution in [3.05, 3.63) is 81.5 Å². The number of carbonyl (C=O) groups is 2. The van der Waals surface area contributed by atoms with Gasteiger partial charge in [0.25, 0.3) is 0 Å². The van der Waals surface area contributed by atoms with Crippen molar-refractivity contribution in [3.63, 3.8) is 0 Å². The summed E-state index contributed by atoms with van der Waals surface area (Å²) in [6.07, 6.45) is 1.60. The molecule has 3 aliphatic heterocycles. The Balaban J connectivity index is 1.35. The first-order valence-electron chi connectivity index (χ1n) is 16.2. The molecule has 1 aromatic heterocycles. The summed E-state index contributed by atoms with van der Waals surface area (Å²) in [5.41, 5.74) is 2.20. The quantitative estimate of drug-likeness (QED) is 0.316. The largest absolute Gasteiger partial charge is 0.477 e. The van der Waals surface area contributed by atoms with E-state index in [0.29, 0.717) is 93.7 Å². The minimum absolute atomic E-state index is 0.0830. The molecular formula is C34H39Cl2N7O5. The lowest BCUT2D eigenvalue weighted by atomic mass is 9.94. The van der Waals surface area contributed by atoms with Gasteiger partial charge in [-0.3, -0.25) is 19.6 Å². The van der Waals surface area contributed by atoms with Crippen LogP contribution in [0.2, 0.25) is 10.0 Å². The van der Waals surface area contributed by atoms with Crippen LogP contribution in [0, 0.1) is 0 Å². The molecule has 3 aromatic rings.